The van der Waals surface area contributed by atoms with Crippen LogP contribution in [0.2, 0.25) is 0 Å². The molecule has 0 N–H and O–H groups in total. The van der Waals surface area contributed by atoms with Gasteiger partial charge >= 0.3 is 0 Å². The zero-order valence-corrected chi connectivity index (χ0v) is 19.6. The second-order valence-electron chi connectivity index (χ2n) is 9.11. The molecule has 1 saturated heterocycles. The van der Waals surface area contributed by atoms with Crippen LogP contribution >= 0.6 is 0 Å². The van der Waals surface area contributed by atoms with Crippen LogP contribution < -0.4 is 0 Å². The first-order valence-electron chi connectivity index (χ1n) is 13.3. The second kappa shape index (κ2) is 22.3. The summed E-state index contributed by atoms with van der Waals surface area (Å²) in [5, 5.41) is 0. The molecule has 2 heteroatoms. The summed E-state index contributed by atoms with van der Waals surface area (Å²) in [6.07, 6.45) is 32.4. The Bertz CT molecular complexity index is 322. The highest BCUT2D eigenvalue weighted by atomic mass is 16.7. The molecule has 0 aromatic carbocycles. The van der Waals surface area contributed by atoms with Gasteiger partial charge in [-0.15, -0.1) is 6.58 Å². The van der Waals surface area contributed by atoms with E-state index in [1.54, 1.807) is 0 Å². The lowest BCUT2D eigenvalue weighted by molar-refractivity contribution is -0.162. The van der Waals surface area contributed by atoms with E-state index >= 15 is 0 Å². The standard InChI is InChI=1S/C27H52O2/c1-2-3-4-5-6-7-8-9-10-11-12-13-14-15-16-17-18-19-20-22-25-28-27-24-21-23-26-29-27/h2,27H,1,3-26H2. The predicted octanol–water partition coefficient (Wildman–Crippen LogP) is 9.13. The minimum atomic E-state index is 0.0983. The van der Waals surface area contributed by atoms with E-state index in [0.29, 0.717) is 0 Å². The third-order valence-corrected chi connectivity index (χ3v) is 6.24. The molecular weight excluding hydrogens is 356 g/mol. The Morgan fingerprint density at radius 3 is 1.48 bits per heavy atom. The van der Waals surface area contributed by atoms with Gasteiger partial charge in [-0.3, -0.25) is 0 Å². The minimum Gasteiger partial charge on any atom is -0.353 e. The van der Waals surface area contributed by atoms with E-state index in [9.17, 15) is 0 Å². The van der Waals surface area contributed by atoms with E-state index in [0.717, 1.165) is 19.6 Å². The maximum atomic E-state index is 5.79. The Hall–Kier alpha value is -0.340. The quantitative estimate of drug-likeness (QED) is 0.131. The highest BCUT2D eigenvalue weighted by molar-refractivity contribution is 4.65. The number of hydrogen-bond acceptors (Lipinski definition) is 2. The first-order valence-corrected chi connectivity index (χ1v) is 13.3. The van der Waals surface area contributed by atoms with Gasteiger partial charge in [-0.1, -0.05) is 109 Å². The molecule has 1 fully saturated rings. The summed E-state index contributed by atoms with van der Waals surface area (Å²) in [5.41, 5.74) is 0. The van der Waals surface area contributed by atoms with Crippen LogP contribution in [0.3, 0.4) is 0 Å². The Kier molecular flexibility index (Phi) is 20.6. The summed E-state index contributed by atoms with van der Waals surface area (Å²) in [7, 11) is 0. The average molecular weight is 409 g/mol. The normalized spacial score (nSPS) is 16.9. The SMILES string of the molecule is C=CCCCCCCCCCCCCCCCCCCCCOC1CCCCO1. The average Bonchev–Trinajstić information content (AvgIpc) is 2.75. The van der Waals surface area contributed by atoms with Gasteiger partial charge in [-0.05, 0) is 38.5 Å². The summed E-state index contributed by atoms with van der Waals surface area (Å²) in [6, 6.07) is 0. The zero-order valence-electron chi connectivity index (χ0n) is 19.6. The Morgan fingerprint density at radius 2 is 1.07 bits per heavy atom. The van der Waals surface area contributed by atoms with E-state index in [1.807, 2.05) is 6.08 Å². The van der Waals surface area contributed by atoms with Gasteiger partial charge in [0.25, 0.3) is 0 Å². The number of rotatable bonds is 22. The molecule has 1 aliphatic heterocycles. The van der Waals surface area contributed by atoms with Crippen molar-refractivity contribution in [2.75, 3.05) is 13.2 Å². The first-order chi connectivity index (χ1) is 14.4. The van der Waals surface area contributed by atoms with Gasteiger partial charge in [0.15, 0.2) is 6.29 Å². The maximum absolute atomic E-state index is 5.79. The van der Waals surface area contributed by atoms with Crippen LogP contribution in [0.4, 0.5) is 0 Å². The van der Waals surface area contributed by atoms with Crippen LogP contribution in [-0.2, 0) is 9.47 Å². The molecular formula is C27H52O2. The fourth-order valence-corrected chi connectivity index (χ4v) is 4.28. The van der Waals surface area contributed by atoms with Gasteiger partial charge < -0.3 is 9.47 Å². The van der Waals surface area contributed by atoms with Gasteiger partial charge in [0, 0.05) is 13.2 Å². The van der Waals surface area contributed by atoms with Gasteiger partial charge in [-0.2, -0.15) is 0 Å². The van der Waals surface area contributed by atoms with Crippen molar-refractivity contribution in [2.24, 2.45) is 0 Å². The highest BCUT2D eigenvalue weighted by Crippen LogP contribution is 2.16. The molecule has 1 aliphatic rings. The minimum absolute atomic E-state index is 0.0983. The number of hydrogen-bond donors (Lipinski definition) is 0. The van der Waals surface area contributed by atoms with Crippen molar-refractivity contribution >= 4 is 0 Å². The molecule has 0 spiro atoms. The van der Waals surface area contributed by atoms with Gasteiger partial charge in [0.1, 0.15) is 0 Å². The summed E-state index contributed by atoms with van der Waals surface area (Å²) >= 11 is 0. The van der Waals surface area contributed by atoms with Gasteiger partial charge in [0.05, 0.1) is 0 Å². The third kappa shape index (κ3) is 19.4. The van der Waals surface area contributed by atoms with Crippen molar-refractivity contribution in [1.29, 1.82) is 0 Å². The van der Waals surface area contributed by atoms with Crippen molar-refractivity contribution in [3.05, 3.63) is 12.7 Å². The molecule has 0 amide bonds. The van der Waals surface area contributed by atoms with E-state index in [-0.39, 0.29) is 6.29 Å². The fraction of sp³-hybridized carbons (Fsp3) is 0.926. The monoisotopic (exact) mass is 408 g/mol. The highest BCUT2D eigenvalue weighted by Gasteiger charge is 2.13. The van der Waals surface area contributed by atoms with Gasteiger partial charge in [0.2, 0.25) is 0 Å². The Labute approximate surface area is 183 Å². The van der Waals surface area contributed by atoms with E-state index < -0.39 is 0 Å². The summed E-state index contributed by atoms with van der Waals surface area (Å²) in [6.45, 7) is 5.57. The van der Waals surface area contributed by atoms with E-state index in [2.05, 4.69) is 6.58 Å². The molecule has 2 nitrogen and oxygen atoms in total. The molecule has 0 aliphatic carbocycles. The Morgan fingerprint density at radius 1 is 0.621 bits per heavy atom. The van der Waals surface area contributed by atoms with E-state index in [4.69, 9.17) is 9.47 Å². The Balaban J connectivity index is 1.63. The van der Waals surface area contributed by atoms with Crippen LogP contribution in [0.25, 0.3) is 0 Å². The van der Waals surface area contributed by atoms with Crippen LogP contribution in [0.1, 0.15) is 141 Å². The summed E-state index contributed by atoms with van der Waals surface area (Å²) in [5.74, 6) is 0. The molecule has 172 valence electrons. The third-order valence-electron chi connectivity index (χ3n) is 6.24. The lowest BCUT2D eigenvalue weighted by atomic mass is 10.0. The van der Waals surface area contributed by atoms with E-state index in [1.165, 1.54) is 135 Å². The second-order valence-corrected chi connectivity index (χ2v) is 9.11. The molecule has 0 bridgehead atoms. The number of unbranched alkanes of at least 4 members (excludes halogenated alkanes) is 18. The van der Waals surface area contributed by atoms with Crippen LogP contribution in [-0.4, -0.2) is 19.5 Å². The van der Waals surface area contributed by atoms with Crippen molar-refractivity contribution < 1.29 is 9.47 Å². The molecule has 1 heterocycles. The van der Waals surface area contributed by atoms with Crippen LogP contribution in [0.5, 0.6) is 0 Å². The molecule has 0 saturated carbocycles. The van der Waals surface area contributed by atoms with Crippen molar-refractivity contribution in [3.8, 4) is 0 Å². The lowest BCUT2D eigenvalue weighted by Crippen LogP contribution is -2.22. The topological polar surface area (TPSA) is 18.5 Å². The van der Waals surface area contributed by atoms with Crippen LogP contribution in [0.15, 0.2) is 12.7 Å². The first kappa shape index (κ1) is 26.7. The van der Waals surface area contributed by atoms with Crippen molar-refractivity contribution in [1.82, 2.24) is 0 Å². The number of ether oxygens (including phenoxy) is 2. The van der Waals surface area contributed by atoms with Crippen molar-refractivity contribution in [3.63, 3.8) is 0 Å². The molecule has 1 rings (SSSR count). The molecule has 0 aromatic rings. The van der Waals surface area contributed by atoms with Crippen molar-refractivity contribution in [2.45, 2.75) is 148 Å². The molecule has 0 aromatic heterocycles. The maximum Gasteiger partial charge on any atom is 0.157 e. The number of allylic oxidation sites excluding steroid dienone is 1. The lowest BCUT2D eigenvalue weighted by Gasteiger charge is -2.22. The molecule has 1 unspecified atom stereocenters. The summed E-state index contributed by atoms with van der Waals surface area (Å²) in [4.78, 5) is 0. The predicted molar refractivity (Wildman–Crippen MR) is 127 cm³/mol. The smallest absolute Gasteiger partial charge is 0.157 e. The molecule has 29 heavy (non-hydrogen) atoms. The fourth-order valence-electron chi connectivity index (χ4n) is 4.28. The largest absolute Gasteiger partial charge is 0.353 e. The van der Waals surface area contributed by atoms with Gasteiger partial charge in [-0.25, -0.2) is 0 Å². The summed E-state index contributed by atoms with van der Waals surface area (Å²) < 4.78 is 11.4. The molecule has 1 atom stereocenters. The molecule has 0 radical (unpaired) electrons. The zero-order chi connectivity index (χ0) is 20.7. The van der Waals surface area contributed by atoms with Crippen LogP contribution in [0, 0.1) is 0 Å².